The molecule has 0 aliphatic carbocycles. The quantitative estimate of drug-likeness (QED) is 0.819. The van der Waals surface area contributed by atoms with Gasteiger partial charge in [0.2, 0.25) is 11.9 Å². The monoisotopic (exact) mass is 312 g/mol. The molecule has 0 saturated carbocycles. The number of hydrogen-bond donors (Lipinski definition) is 2. The number of nitrogens with zero attached hydrogens (tertiary/aromatic N) is 4. The molecule has 0 bridgehead atoms. The van der Waals surface area contributed by atoms with Gasteiger partial charge >= 0.3 is 0 Å². The van der Waals surface area contributed by atoms with Gasteiger partial charge in [-0.1, -0.05) is 18.7 Å². The Kier molecular flexibility index (Phi) is 4.61. The molecule has 0 spiro atoms. The van der Waals surface area contributed by atoms with E-state index in [0.717, 1.165) is 5.69 Å². The lowest BCUT2D eigenvalue weighted by molar-refractivity contribution is -0.119. The first-order valence-electron chi connectivity index (χ1n) is 6.04. The number of anilines is 2. The van der Waals surface area contributed by atoms with Crippen molar-refractivity contribution < 1.29 is 4.79 Å². The number of rotatable bonds is 5. The van der Waals surface area contributed by atoms with E-state index in [9.17, 15) is 4.79 Å². The number of aryl methyl sites for hydroxylation is 1. The highest BCUT2D eigenvalue weighted by Crippen LogP contribution is 2.25. The second-order valence-corrected chi connectivity index (χ2v) is 5.75. The summed E-state index contributed by atoms with van der Waals surface area (Å²) in [5, 5.41) is 13.7. The molecule has 0 fully saturated rings. The van der Waals surface area contributed by atoms with Crippen LogP contribution in [0.15, 0.2) is 10.5 Å². The molecule has 0 aromatic carbocycles. The molecule has 2 aromatic rings. The molecule has 1 atom stereocenters. The van der Waals surface area contributed by atoms with Crippen LogP contribution in [-0.4, -0.2) is 31.9 Å². The lowest BCUT2D eigenvalue weighted by atomic mass is 10.2. The van der Waals surface area contributed by atoms with Gasteiger partial charge in [-0.3, -0.25) is 9.36 Å². The molecule has 0 saturated heterocycles. The number of nitrogens with one attached hydrogen (secondary N) is 1. The normalized spacial score (nSPS) is 12.3. The summed E-state index contributed by atoms with van der Waals surface area (Å²) >= 11 is 2.80. The van der Waals surface area contributed by atoms with Gasteiger partial charge in [0.15, 0.2) is 10.3 Å². The zero-order valence-electron chi connectivity index (χ0n) is 11.5. The van der Waals surface area contributed by atoms with E-state index in [1.807, 2.05) is 25.5 Å². The molecule has 0 aliphatic heterocycles. The molecule has 108 valence electrons. The summed E-state index contributed by atoms with van der Waals surface area (Å²) in [4.78, 5) is 16.6. The highest BCUT2D eigenvalue weighted by Gasteiger charge is 2.24. The Balaban J connectivity index is 2.23. The van der Waals surface area contributed by atoms with E-state index in [1.54, 1.807) is 4.57 Å². The third-order valence-corrected chi connectivity index (χ3v) is 4.24. The number of thiazole rings is 1. The summed E-state index contributed by atoms with van der Waals surface area (Å²) < 4.78 is 1.65. The molecule has 9 heteroatoms. The second-order valence-electron chi connectivity index (χ2n) is 4.12. The molecule has 3 N–H and O–H groups in total. The van der Waals surface area contributed by atoms with Crippen LogP contribution in [-0.2, 0) is 4.79 Å². The molecule has 1 amide bonds. The van der Waals surface area contributed by atoms with E-state index in [4.69, 9.17) is 5.73 Å². The largest absolute Gasteiger partial charge is 0.368 e. The Morgan fingerprint density at radius 3 is 2.90 bits per heavy atom. The van der Waals surface area contributed by atoms with Gasteiger partial charge in [-0.25, -0.2) is 4.98 Å². The average molecular weight is 312 g/mol. The SMILES string of the molecule is CCC(C(=O)Nc1nc(C)cs1)n1c(N)nnc1SC. The smallest absolute Gasteiger partial charge is 0.249 e. The van der Waals surface area contributed by atoms with Crippen molar-refractivity contribution in [3.05, 3.63) is 11.1 Å². The van der Waals surface area contributed by atoms with Crippen molar-refractivity contribution in [1.29, 1.82) is 0 Å². The highest BCUT2D eigenvalue weighted by atomic mass is 32.2. The zero-order chi connectivity index (χ0) is 14.7. The summed E-state index contributed by atoms with van der Waals surface area (Å²) in [5.41, 5.74) is 6.69. The molecule has 20 heavy (non-hydrogen) atoms. The van der Waals surface area contributed by atoms with Crippen molar-refractivity contribution >= 4 is 40.1 Å². The van der Waals surface area contributed by atoms with E-state index in [1.165, 1.54) is 23.1 Å². The van der Waals surface area contributed by atoms with Crippen molar-refractivity contribution in [2.75, 3.05) is 17.3 Å². The topological polar surface area (TPSA) is 98.7 Å². The number of aromatic nitrogens is 4. The summed E-state index contributed by atoms with van der Waals surface area (Å²) in [6.07, 6.45) is 2.46. The van der Waals surface area contributed by atoms with Crippen LogP contribution in [0.3, 0.4) is 0 Å². The molecule has 2 heterocycles. The van der Waals surface area contributed by atoms with Crippen molar-refractivity contribution in [3.63, 3.8) is 0 Å². The van der Waals surface area contributed by atoms with Crippen LogP contribution in [0.2, 0.25) is 0 Å². The van der Waals surface area contributed by atoms with Gasteiger partial charge in [0.25, 0.3) is 0 Å². The standard InChI is InChI=1S/C11H16N6OS2/c1-4-7(17-9(12)15-16-11(17)19-3)8(18)14-10-13-6(2)5-20-10/h5,7H,4H2,1-3H3,(H2,12,15)(H,13,14,18). The predicted molar refractivity (Wildman–Crippen MR) is 81.0 cm³/mol. The van der Waals surface area contributed by atoms with Crippen molar-refractivity contribution in [2.45, 2.75) is 31.5 Å². The minimum absolute atomic E-state index is 0.163. The third kappa shape index (κ3) is 2.93. The number of nitrogen functional groups attached to an aromatic ring is 1. The van der Waals surface area contributed by atoms with E-state index < -0.39 is 6.04 Å². The van der Waals surface area contributed by atoms with Crippen LogP contribution in [0.25, 0.3) is 0 Å². The number of amides is 1. The Labute approximate surface area is 125 Å². The summed E-state index contributed by atoms with van der Waals surface area (Å²) in [5.74, 6) is 0.0790. The lowest BCUT2D eigenvalue weighted by Gasteiger charge is -2.17. The zero-order valence-corrected chi connectivity index (χ0v) is 13.1. The Bertz CT molecular complexity index is 608. The fourth-order valence-corrected chi connectivity index (χ4v) is 3.04. The van der Waals surface area contributed by atoms with E-state index >= 15 is 0 Å². The molecular weight excluding hydrogens is 296 g/mol. The molecule has 7 nitrogen and oxygen atoms in total. The fourth-order valence-electron chi connectivity index (χ4n) is 1.81. The van der Waals surface area contributed by atoms with Gasteiger partial charge in [-0.2, -0.15) is 0 Å². The maximum absolute atomic E-state index is 12.4. The van der Waals surface area contributed by atoms with E-state index in [-0.39, 0.29) is 11.9 Å². The summed E-state index contributed by atoms with van der Waals surface area (Å²) in [6, 6.07) is -0.448. The van der Waals surface area contributed by atoms with E-state index in [2.05, 4.69) is 20.5 Å². The van der Waals surface area contributed by atoms with Crippen molar-refractivity contribution in [1.82, 2.24) is 19.7 Å². The van der Waals surface area contributed by atoms with Gasteiger partial charge in [0, 0.05) is 5.38 Å². The maximum atomic E-state index is 12.4. The Morgan fingerprint density at radius 2 is 2.35 bits per heavy atom. The minimum atomic E-state index is -0.448. The third-order valence-electron chi connectivity index (χ3n) is 2.72. The molecular formula is C11H16N6OS2. The van der Waals surface area contributed by atoms with Crippen LogP contribution in [0, 0.1) is 6.92 Å². The maximum Gasteiger partial charge on any atom is 0.249 e. The number of hydrogen-bond acceptors (Lipinski definition) is 7. The first kappa shape index (κ1) is 14.8. The first-order chi connectivity index (χ1) is 9.56. The second kappa shape index (κ2) is 6.23. The number of thioether (sulfide) groups is 1. The number of carbonyl (C=O) groups is 1. The van der Waals surface area contributed by atoms with Crippen LogP contribution >= 0.6 is 23.1 Å². The van der Waals surface area contributed by atoms with Gasteiger partial charge in [-0.05, 0) is 19.6 Å². The average Bonchev–Trinajstić information content (AvgIpc) is 2.98. The van der Waals surface area contributed by atoms with Crippen LogP contribution < -0.4 is 11.1 Å². The van der Waals surface area contributed by atoms with Crippen LogP contribution in [0.4, 0.5) is 11.1 Å². The van der Waals surface area contributed by atoms with Crippen LogP contribution in [0.5, 0.6) is 0 Å². The van der Waals surface area contributed by atoms with Gasteiger partial charge < -0.3 is 11.1 Å². The predicted octanol–water partition coefficient (Wildman–Crippen LogP) is 1.94. The van der Waals surface area contributed by atoms with Crippen LogP contribution in [0.1, 0.15) is 25.1 Å². The van der Waals surface area contributed by atoms with E-state index in [0.29, 0.717) is 16.7 Å². The van der Waals surface area contributed by atoms with Crippen molar-refractivity contribution in [2.24, 2.45) is 0 Å². The minimum Gasteiger partial charge on any atom is -0.368 e. The van der Waals surface area contributed by atoms with Gasteiger partial charge in [0.1, 0.15) is 6.04 Å². The lowest BCUT2D eigenvalue weighted by Crippen LogP contribution is -2.27. The summed E-state index contributed by atoms with van der Waals surface area (Å²) in [7, 11) is 0. The molecule has 0 aliphatic rings. The van der Waals surface area contributed by atoms with Crippen molar-refractivity contribution in [3.8, 4) is 0 Å². The molecule has 0 radical (unpaired) electrons. The highest BCUT2D eigenvalue weighted by molar-refractivity contribution is 7.98. The molecule has 2 aromatic heterocycles. The Morgan fingerprint density at radius 1 is 1.60 bits per heavy atom. The number of carbonyl (C=O) groups excluding carboxylic acids is 1. The Hall–Kier alpha value is -1.61. The van der Waals surface area contributed by atoms with Gasteiger partial charge in [0.05, 0.1) is 5.69 Å². The number of nitrogens with two attached hydrogens (primary N) is 1. The van der Waals surface area contributed by atoms with Gasteiger partial charge in [-0.15, -0.1) is 21.5 Å². The fraction of sp³-hybridized carbons (Fsp3) is 0.455. The molecule has 2 rings (SSSR count). The summed E-state index contributed by atoms with van der Waals surface area (Å²) in [6.45, 7) is 3.80. The molecule has 1 unspecified atom stereocenters. The first-order valence-corrected chi connectivity index (χ1v) is 8.14.